The first kappa shape index (κ1) is 15.4. The van der Waals surface area contributed by atoms with E-state index in [1.165, 1.54) is 0 Å². The maximum absolute atomic E-state index is 11.4. The molecule has 0 fully saturated rings. The van der Waals surface area contributed by atoms with Gasteiger partial charge in [-0.25, -0.2) is 4.79 Å². The SMILES string of the molecule is CCOC(=O)c1ccc(NCc2ccc(C(N)=O)cc2)nn1. The molecule has 22 heavy (non-hydrogen) atoms. The van der Waals surface area contributed by atoms with E-state index in [0.717, 1.165) is 5.56 Å². The Kier molecular flexibility index (Phi) is 5.02. The standard InChI is InChI=1S/C15H16N4O3/c1-2-22-15(21)12-7-8-13(19-18-12)17-9-10-3-5-11(6-4-10)14(16)20/h3-8H,2,9H2,1H3,(H2,16,20)(H,17,19). The van der Waals surface area contributed by atoms with Gasteiger partial charge in [0.05, 0.1) is 6.61 Å². The molecular formula is C15H16N4O3. The van der Waals surface area contributed by atoms with E-state index in [1.807, 2.05) is 0 Å². The molecule has 1 heterocycles. The van der Waals surface area contributed by atoms with Crippen LogP contribution >= 0.6 is 0 Å². The lowest BCUT2D eigenvalue weighted by atomic mass is 10.1. The molecule has 7 nitrogen and oxygen atoms in total. The summed E-state index contributed by atoms with van der Waals surface area (Å²) in [6.45, 7) is 2.53. The number of carbonyl (C=O) groups is 2. The summed E-state index contributed by atoms with van der Waals surface area (Å²) in [6.07, 6.45) is 0. The van der Waals surface area contributed by atoms with Crippen molar-refractivity contribution in [1.29, 1.82) is 0 Å². The average Bonchev–Trinajstić information content (AvgIpc) is 2.54. The van der Waals surface area contributed by atoms with Crippen LogP contribution in [0.15, 0.2) is 36.4 Å². The van der Waals surface area contributed by atoms with Crippen molar-refractivity contribution < 1.29 is 14.3 Å². The van der Waals surface area contributed by atoms with Crippen LogP contribution in [-0.4, -0.2) is 28.7 Å². The number of nitrogens with two attached hydrogens (primary N) is 1. The summed E-state index contributed by atoms with van der Waals surface area (Å²) in [7, 11) is 0. The van der Waals surface area contributed by atoms with Gasteiger partial charge in [-0.05, 0) is 36.8 Å². The lowest BCUT2D eigenvalue weighted by Gasteiger charge is -2.06. The number of anilines is 1. The molecule has 0 saturated heterocycles. The molecule has 2 rings (SSSR count). The van der Waals surface area contributed by atoms with Gasteiger partial charge in [-0.1, -0.05) is 12.1 Å². The predicted octanol–water partition coefficient (Wildman–Crippen LogP) is 1.36. The minimum absolute atomic E-state index is 0.165. The Labute approximate surface area is 127 Å². The molecule has 114 valence electrons. The van der Waals surface area contributed by atoms with Crippen LogP contribution in [0.2, 0.25) is 0 Å². The summed E-state index contributed by atoms with van der Waals surface area (Å²) in [5.41, 5.74) is 6.76. The summed E-state index contributed by atoms with van der Waals surface area (Å²) in [5, 5.41) is 10.8. The molecule has 0 unspecified atom stereocenters. The number of rotatable bonds is 6. The van der Waals surface area contributed by atoms with Gasteiger partial charge in [0.2, 0.25) is 5.91 Å². The number of hydrogen-bond acceptors (Lipinski definition) is 6. The van der Waals surface area contributed by atoms with E-state index in [-0.39, 0.29) is 5.69 Å². The fourth-order valence-electron chi connectivity index (χ4n) is 1.72. The van der Waals surface area contributed by atoms with Gasteiger partial charge in [-0.2, -0.15) is 0 Å². The average molecular weight is 300 g/mol. The van der Waals surface area contributed by atoms with E-state index in [4.69, 9.17) is 10.5 Å². The van der Waals surface area contributed by atoms with Crippen molar-refractivity contribution in [2.75, 3.05) is 11.9 Å². The zero-order valence-electron chi connectivity index (χ0n) is 12.1. The lowest BCUT2D eigenvalue weighted by molar-refractivity contribution is 0.0518. The summed E-state index contributed by atoms with van der Waals surface area (Å²) < 4.78 is 4.83. The van der Waals surface area contributed by atoms with Crippen molar-refractivity contribution in [3.63, 3.8) is 0 Å². The molecule has 1 amide bonds. The summed E-state index contributed by atoms with van der Waals surface area (Å²) in [5.74, 6) is -0.421. The Hall–Kier alpha value is -2.96. The first-order valence-corrected chi connectivity index (χ1v) is 6.73. The number of nitrogens with zero attached hydrogens (tertiary/aromatic N) is 2. The molecule has 0 atom stereocenters. The van der Waals surface area contributed by atoms with Gasteiger partial charge >= 0.3 is 5.97 Å². The van der Waals surface area contributed by atoms with Gasteiger partial charge < -0.3 is 15.8 Å². The number of carbonyl (C=O) groups excluding carboxylic acids is 2. The molecule has 0 radical (unpaired) electrons. The summed E-state index contributed by atoms with van der Waals surface area (Å²) >= 11 is 0. The Morgan fingerprint density at radius 2 is 1.86 bits per heavy atom. The van der Waals surface area contributed by atoms with Crippen molar-refractivity contribution in [2.24, 2.45) is 5.73 Å². The van der Waals surface area contributed by atoms with Gasteiger partial charge in [0.25, 0.3) is 0 Å². The van der Waals surface area contributed by atoms with Crippen LogP contribution in [0.25, 0.3) is 0 Å². The molecule has 3 N–H and O–H groups in total. The highest BCUT2D eigenvalue weighted by atomic mass is 16.5. The van der Waals surface area contributed by atoms with E-state index in [0.29, 0.717) is 24.5 Å². The van der Waals surface area contributed by atoms with Crippen LogP contribution in [-0.2, 0) is 11.3 Å². The molecule has 1 aromatic carbocycles. The topological polar surface area (TPSA) is 107 Å². The van der Waals surface area contributed by atoms with Crippen molar-refractivity contribution in [3.8, 4) is 0 Å². The molecule has 2 aromatic rings. The quantitative estimate of drug-likeness (QED) is 0.780. The van der Waals surface area contributed by atoms with Crippen LogP contribution in [0.1, 0.15) is 33.3 Å². The van der Waals surface area contributed by atoms with Crippen LogP contribution in [0, 0.1) is 0 Å². The minimum atomic E-state index is -0.497. The fourth-order valence-corrected chi connectivity index (χ4v) is 1.72. The second kappa shape index (κ2) is 7.16. The number of amides is 1. The van der Waals surface area contributed by atoms with Crippen LogP contribution in [0.4, 0.5) is 5.82 Å². The molecule has 0 aliphatic carbocycles. The molecule has 0 spiro atoms. The Morgan fingerprint density at radius 1 is 1.14 bits per heavy atom. The molecule has 7 heteroatoms. The molecule has 0 aliphatic heterocycles. The molecule has 0 aliphatic rings. The second-order valence-corrected chi connectivity index (χ2v) is 4.44. The predicted molar refractivity (Wildman–Crippen MR) is 80.3 cm³/mol. The second-order valence-electron chi connectivity index (χ2n) is 4.44. The van der Waals surface area contributed by atoms with E-state index in [9.17, 15) is 9.59 Å². The Balaban J connectivity index is 1.94. The largest absolute Gasteiger partial charge is 0.461 e. The van der Waals surface area contributed by atoms with Crippen LogP contribution in [0.3, 0.4) is 0 Å². The van der Waals surface area contributed by atoms with Gasteiger partial charge in [0, 0.05) is 12.1 Å². The number of hydrogen-bond donors (Lipinski definition) is 2. The van der Waals surface area contributed by atoms with Crippen LogP contribution in [0.5, 0.6) is 0 Å². The lowest BCUT2D eigenvalue weighted by Crippen LogP contribution is -2.11. The van der Waals surface area contributed by atoms with Crippen molar-refractivity contribution in [3.05, 3.63) is 53.2 Å². The summed E-state index contributed by atoms with van der Waals surface area (Å²) in [6, 6.07) is 10.1. The maximum atomic E-state index is 11.4. The highest BCUT2D eigenvalue weighted by Crippen LogP contribution is 2.08. The number of ether oxygens (including phenoxy) is 1. The number of esters is 1. The van der Waals surface area contributed by atoms with E-state index in [2.05, 4.69) is 15.5 Å². The smallest absolute Gasteiger partial charge is 0.358 e. The zero-order valence-corrected chi connectivity index (χ0v) is 12.1. The maximum Gasteiger partial charge on any atom is 0.358 e. The summed E-state index contributed by atoms with van der Waals surface area (Å²) in [4.78, 5) is 22.4. The van der Waals surface area contributed by atoms with Gasteiger partial charge in [-0.15, -0.1) is 10.2 Å². The number of aromatic nitrogens is 2. The van der Waals surface area contributed by atoms with Gasteiger partial charge in [0.15, 0.2) is 5.69 Å². The van der Waals surface area contributed by atoms with E-state index >= 15 is 0 Å². The van der Waals surface area contributed by atoms with E-state index in [1.54, 1.807) is 43.3 Å². The minimum Gasteiger partial charge on any atom is -0.461 e. The third-order valence-electron chi connectivity index (χ3n) is 2.86. The Bertz CT molecular complexity index is 653. The molecule has 0 bridgehead atoms. The number of nitrogens with one attached hydrogen (secondary N) is 1. The van der Waals surface area contributed by atoms with Crippen molar-refractivity contribution in [2.45, 2.75) is 13.5 Å². The zero-order chi connectivity index (χ0) is 15.9. The number of primary amides is 1. The monoisotopic (exact) mass is 300 g/mol. The third kappa shape index (κ3) is 4.02. The van der Waals surface area contributed by atoms with Crippen LogP contribution < -0.4 is 11.1 Å². The van der Waals surface area contributed by atoms with E-state index < -0.39 is 11.9 Å². The first-order valence-electron chi connectivity index (χ1n) is 6.73. The Morgan fingerprint density at radius 3 is 2.41 bits per heavy atom. The molecular weight excluding hydrogens is 284 g/mol. The van der Waals surface area contributed by atoms with Crippen molar-refractivity contribution in [1.82, 2.24) is 10.2 Å². The third-order valence-corrected chi connectivity index (χ3v) is 2.86. The normalized spacial score (nSPS) is 10.0. The first-order chi connectivity index (χ1) is 10.6. The van der Waals surface area contributed by atoms with Crippen molar-refractivity contribution >= 4 is 17.7 Å². The van der Waals surface area contributed by atoms with Gasteiger partial charge in [0.1, 0.15) is 5.82 Å². The molecule has 0 saturated carbocycles. The highest BCUT2D eigenvalue weighted by molar-refractivity contribution is 5.92. The van der Waals surface area contributed by atoms with Gasteiger partial charge in [-0.3, -0.25) is 4.79 Å². The number of benzene rings is 1. The highest BCUT2D eigenvalue weighted by Gasteiger charge is 2.08. The molecule has 1 aromatic heterocycles. The fraction of sp³-hybridized carbons (Fsp3) is 0.200.